The van der Waals surface area contributed by atoms with Crippen LogP contribution in [0.1, 0.15) is 15.9 Å². The molecule has 0 radical (unpaired) electrons. The summed E-state index contributed by atoms with van der Waals surface area (Å²) in [6.07, 6.45) is 0. The third-order valence-electron chi connectivity index (χ3n) is 4.35. The van der Waals surface area contributed by atoms with E-state index in [0.29, 0.717) is 39.0 Å². The van der Waals surface area contributed by atoms with Crippen LogP contribution in [-0.4, -0.2) is 18.0 Å². The molecule has 4 rings (SSSR count). The minimum Gasteiger partial charge on any atom is -0.496 e. The highest BCUT2D eigenvalue weighted by molar-refractivity contribution is 6.31. The van der Waals surface area contributed by atoms with Crippen molar-refractivity contribution in [3.8, 4) is 17.2 Å². The van der Waals surface area contributed by atoms with Gasteiger partial charge in [-0.15, -0.1) is 0 Å². The third kappa shape index (κ3) is 3.57. The first kappa shape index (κ1) is 18.1. The zero-order valence-corrected chi connectivity index (χ0v) is 16.1. The van der Waals surface area contributed by atoms with Crippen LogP contribution in [0, 0.1) is 6.92 Å². The molecule has 0 unspecified atom stereocenters. The highest BCUT2D eigenvalue weighted by Gasteiger charge is 2.14. The molecule has 1 amide bonds. The average Bonchev–Trinajstić information content (AvgIpc) is 3.11. The Labute approximate surface area is 166 Å². The van der Waals surface area contributed by atoms with Crippen molar-refractivity contribution >= 4 is 34.3 Å². The first-order chi connectivity index (χ1) is 13.5. The van der Waals surface area contributed by atoms with Gasteiger partial charge in [0.2, 0.25) is 5.89 Å². The maximum atomic E-state index is 12.6. The summed E-state index contributed by atoms with van der Waals surface area (Å²) in [7, 11) is 1.51. The normalized spacial score (nSPS) is 10.8. The summed E-state index contributed by atoms with van der Waals surface area (Å²) in [6, 6.07) is 18.2. The molecule has 0 bridgehead atoms. The highest BCUT2D eigenvalue weighted by Crippen LogP contribution is 2.28. The number of rotatable bonds is 4. The van der Waals surface area contributed by atoms with Gasteiger partial charge in [-0.25, -0.2) is 4.98 Å². The van der Waals surface area contributed by atoms with Crippen LogP contribution in [0.4, 0.5) is 5.69 Å². The molecule has 5 nitrogen and oxygen atoms in total. The van der Waals surface area contributed by atoms with Crippen LogP contribution < -0.4 is 10.1 Å². The Morgan fingerprint density at radius 1 is 1.07 bits per heavy atom. The molecule has 0 fully saturated rings. The van der Waals surface area contributed by atoms with Crippen molar-refractivity contribution in [3.05, 3.63) is 76.8 Å². The van der Waals surface area contributed by atoms with Gasteiger partial charge in [0, 0.05) is 16.3 Å². The van der Waals surface area contributed by atoms with Crippen molar-refractivity contribution in [2.24, 2.45) is 0 Å². The molecular formula is C22H17ClN2O3. The number of carbonyl (C=O) groups excluding carboxylic acids is 1. The third-order valence-corrected chi connectivity index (χ3v) is 4.59. The topological polar surface area (TPSA) is 64.4 Å². The Bertz CT molecular complexity index is 1170. The Kier molecular flexibility index (Phi) is 4.75. The van der Waals surface area contributed by atoms with E-state index in [9.17, 15) is 4.79 Å². The molecular weight excluding hydrogens is 376 g/mol. The van der Waals surface area contributed by atoms with E-state index in [0.717, 1.165) is 5.56 Å². The molecule has 4 aromatic rings. The molecule has 3 aromatic carbocycles. The molecule has 140 valence electrons. The van der Waals surface area contributed by atoms with E-state index < -0.39 is 0 Å². The van der Waals surface area contributed by atoms with Crippen LogP contribution >= 0.6 is 11.6 Å². The highest BCUT2D eigenvalue weighted by atomic mass is 35.5. The van der Waals surface area contributed by atoms with E-state index in [1.54, 1.807) is 36.4 Å². The summed E-state index contributed by atoms with van der Waals surface area (Å²) in [5, 5.41) is 3.31. The van der Waals surface area contributed by atoms with E-state index in [4.69, 9.17) is 20.8 Å². The van der Waals surface area contributed by atoms with Gasteiger partial charge in [-0.05, 0) is 55.5 Å². The van der Waals surface area contributed by atoms with Crippen LogP contribution in [0.3, 0.4) is 0 Å². The van der Waals surface area contributed by atoms with Crippen molar-refractivity contribution in [2.45, 2.75) is 6.92 Å². The average molecular weight is 393 g/mol. The van der Waals surface area contributed by atoms with Crippen molar-refractivity contribution in [1.82, 2.24) is 4.98 Å². The van der Waals surface area contributed by atoms with Gasteiger partial charge < -0.3 is 14.5 Å². The van der Waals surface area contributed by atoms with Gasteiger partial charge in [-0.3, -0.25) is 4.79 Å². The second kappa shape index (κ2) is 7.37. The first-order valence-corrected chi connectivity index (χ1v) is 9.04. The number of anilines is 1. The van der Waals surface area contributed by atoms with Gasteiger partial charge in [0.1, 0.15) is 11.3 Å². The van der Waals surface area contributed by atoms with Gasteiger partial charge in [-0.2, -0.15) is 0 Å². The summed E-state index contributed by atoms with van der Waals surface area (Å²) in [5.41, 5.74) is 4.33. The fraction of sp³-hybridized carbons (Fsp3) is 0.0909. The standard InChI is InChI=1S/C22H17ClN2O3/c1-13-3-5-14(6-4-13)22-25-18-12-16(8-10-20(18)28-22)24-21(26)17-11-15(23)7-9-19(17)27-2/h3-12H,1-2H3,(H,24,26). The lowest BCUT2D eigenvalue weighted by atomic mass is 10.1. The van der Waals surface area contributed by atoms with Crippen molar-refractivity contribution in [2.75, 3.05) is 12.4 Å². The Balaban J connectivity index is 1.62. The van der Waals surface area contributed by atoms with Gasteiger partial charge in [-0.1, -0.05) is 29.3 Å². The minimum absolute atomic E-state index is 0.319. The monoisotopic (exact) mass is 392 g/mol. The molecule has 1 heterocycles. The number of methoxy groups -OCH3 is 1. The Morgan fingerprint density at radius 2 is 1.86 bits per heavy atom. The molecule has 1 N–H and O–H groups in total. The van der Waals surface area contributed by atoms with Crippen molar-refractivity contribution in [1.29, 1.82) is 0 Å². The summed E-state index contributed by atoms with van der Waals surface area (Å²) >= 11 is 6.01. The number of fused-ring (bicyclic) bond motifs is 1. The van der Waals surface area contributed by atoms with Crippen LogP contribution in [0.2, 0.25) is 5.02 Å². The molecule has 0 aliphatic heterocycles. The van der Waals surface area contributed by atoms with Gasteiger partial charge >= 0.3 is 0 Å². The molecule has 1 aromatic heterocycles. The van der Waals surface area contributed by atoms with Crippen molar-refractivity contribution < 1.29 is 13.9 Å². The van der Waals surface area contributed by atoms with Crippen LogP contribution in [0.5, 0.6) is 5.75 Å². The fourth-order valence-corrected chi connectivity index (χ4v) is 3.05. The van der Waals surface area contributed by atoms with Crippen LogP contribution in [0.25, 0.3) is 22.6 Å². The minimum atomic E-state index is -0.319. The number of aromatic nitrogens is 1. The Morgan fingerprint density at radius 3 is 2.61 bits per heavy atom. The number of amides is 1. The number of nitrogens with one attached hydrogen (secondary N) is 1. The molecule has 0 saturated heterocycles. The largest absolute Gasteiger partial charge is 0.496 e. The van der Waals surface area contributed by atoms with E-state index in [-0.39, 0.29) is 5.91 Å². The van der Waals surface area contributed by atoms with Gasteiger partial charge in [0.15, 0.2) is 5.58 Å². The summed E-state index contributed by atoms with van der Waals surface area (Å²) in [5.74, 6) is 0.669. The number of oxazole rings is 1. The number of nitrogens with zero attached hydrogens (tertiary/aromatic N) is 1. The van der Waals surface area contributed by atoms with Gasteiger partial charge in [0.05, 0.1) is 12.7 Å². The number of benzene rings is 3. The molecule has 6 heteroatoms. The van der Waals surface area contributed by atoms with Crippen LogP contribution in [0.15, 0.2) is 65.1 Å². The lowest BCUT2D eigenvalue weighted by Crippen LogP contribution is -2.13. The van der Waals surface area contributed by atoms with E-state index in [2.05, 4.69) is 10.3 Å². The van der Waals surface area contributed by atoms with E-state index in [1.807, 2.05) is 31.2 Å². The summed E-state index contributed by atoms with van der Waals surface area (Å²) in [6.45, 7) is 2.03. The predicted molar refractivity (Wildman–Crippen MR) is 110 cm³/mol. The van der Waals surface area contributed by atoms with Crippen LogP contribution in [-0.2, 0) is 0 Å². The fourth-order valence-electron chi connectivity index (χ4n) is 2.88. The smallest absolute Gasteiger partial charge is 0.259 e. The lowest BCUT2D eigenvalue weighted by Gasteiger charge is -2.09. The van der Waals surface area contributed by atoms with E-state index >= 15 is 0 Å². The maximum absolute atomic E-state index is 12.6. The van der Waals surface area contributed by atoms with Crippen molar-refractivity contribution in [3.63, 3.8) is 0 Å². The second-order valence-electron chi connectivity index (χ2n) is 6.37. The predicted octanol–water partition coefficient (Wildman–Crippen LogP) is 5.72. The summed E-state index contributed by atoms with van der Waals surface area (Å²) in [4.78, 5) is 17.2. The van der Waals surface area contributed by atoms with Gasteiger partial charge in [0.25, 0.3) is 5.91 Å². The molecule has 28 heavy (non-hydrogen) atoms. The number of hydrogen-bond donors (Lipinski definition) is 1. The number of ether oxygens (including phenoxy) is 1. The maximum Gasteiger partial charge on any atom is 0.259 e. The number of carbonyl (C=O) groups is 1. The zero-order valence-electron chi connectivity index (χ0n) is 15.3. The molecule has 0 atom stereocenters. The Hall–Kier alpha value is -3.31. The molecule has 0 aliphatic carbocycles. The molecule has 0 saturated carbocycles. The zero-order chi connectivity index (χ0) is 19.7. The number of hydrogen-bond acceptors (Lipinski definition) is 4. The number of aryl methyl sites for hydroxylation is 1. The first-order valence-electron chi connectivity index (χ1n) is 8.66. The molecule has 0 spiro atoms. The number of halogens is 1. The molecule has 0 aliphatic rings. The lowest BCUT2D eigenvalue weighted by molar-refractivity contribution is 0.102. The second-order valence-corrected chi connectivity index (χ2v) is 6.80. The SMILES string of the molecule is COc1ccc(Cl)cc1C(=O)Nc1ccc2oc(-c3ccc(C)cc3)nc2c1. The quantitative estimate of drug-likeness (QED) is 0.482. The summed E-state index contributed by atoms with van der Waals surface area (Å²) < 4.78 is 11.1. The van der Waals surface area contributed by atoms with E-state index in [1.165, 1.54) is 12.7 Å².